The van der Waals surface area contributed by atoms with Crippen molar-refractivity contribution in [3.8, 4) is 5.75 Å². The fourth-order valence-corrected chi connectivity index (χ4v) is 1.65. The third kappa shape index (κ3) is 1.61. The van der Waals surface area contributed by atoms with Gasteiger partial charge in [0.2, 0.25) is 5.52 Å². The van der Waals surface area contributed by atoms with Crippen LogP contribution in [-0.4, -0.2) is 6.61 Å². The van der Waals surface area contributed by atoms with E-state index in [-0.39, 0.29) is 0 Å². The summed E-state index contributed by atoms with van der Waals surface area (Å²) >= 11 is 0. The van der Waals surface area contributed by atoms with E-state index < -0.39 is 0 Å². The number of rotatable bonds is 2. The SMILES string of the molecule is CCOc1cc(C)[n+]([O-])c2ccccc12. The molecule has 0 unspecified atom stereocenters. The smallest absolute Gasteiger partial charge is 0.227 e. The molecule has 0 spiro atoms. The first kappa shape index (κ1) is 9.77. The zero-order valence-electron chi connectivity index (χ0n) is 8.86. The fourth-order valence-electron chi connectivity index (χ4n) is 1.65. The molecule has 0 radical (unpaired) electrons. The Morgan fingerprint density at radius 1 is 1.33 bits per heavy atom. The molecule has 0 fully saturated rings. The first-order valence-corrected chi connectivity index (χ1v) is 4.98. The molecule has 78 valence electrons. The highest BCUT2D eigenvalue weighted by molar-refractivity contribution is 5.82. The van der Waals surface area contributed by atoms with E-state index in [0.717, 1.165) is 15.9 Å². The molecule has 0 saturated heterocycles. The van der Waals surface area contributed by atoms with E-state index in [1.165, 1.54) is 0 Å². The average Bonchev–Trinajstić information content (AvgIpc) is 2.26. The predicted molar refractivity (Wildman–Crippen MR) is 58.8 cm³/mol. The second-order valence-electron chi connectivity index (χ2n) is 3.39. The Morgan fingerprint density at radius 2 is 2.07 bits per heavy atom. The second kappa shape index (κ2) is 3.77. The monoisotopic (exact) mass is 203 g/mol. The van der Waals surface area contributed by atoms with Gasteiger partial charge in [-0.05, 0) is 13.0 Å². The van der Waals surface area contributed by atoms with Crippen molar-refractivity contribution in [3.05, 3.63) is 41.2 Å². The minimum atomic E-state index is 0.603. The Hall–Kier alpha value is -1.77. The molecule has 3 heteroatoms. The second-order valence-corrected chi connectivity index (χ2v) is 3.39. The van der Waals surface area contributed by atoms with Crippen LogP contribution in [0.15, 0.2) is 30.3 Å². The third-order valence-corrected chi connectivity index (χ3v) is 2.35. The van der Waals surface area contributed by atoms with Gasteiger partial charge in [0.1, 0.15) is 5.75 Å². The number of fused-ring (bicyclic) bond motifs is 1. The maximum absolute atomic E-state index is 11.7. The van der Waals surface area contributed by atoms with Crippen LogP contribution in [0.3, 0.4) is 0 Å². The van der Waals surface area contributed by atoms with Crippen LogP contribution in [0, 0.1) is 12.1 Å². The normalized spacial score (nSPS) is 10.5. The van der Waals surface area contributed by atoms with Crippen molar-refractivity contribution in [1.29, 1.82) is 0 Å². The maximum Gasteiger partial charge on any atom is 0.227 e. The number of benzene rings is 1. The summed E-state index contributed by atoms with van der Waals surface area (Å²) in [6.45, 7) is 4.32. The molecule has 0 saturated carbocycles. The number of ether oxygens (including phenoxy) is 1. The highest BCUT2D eigenvalue weighted by Gasteiger charge is 2.12. The molecule has 1 aromatic heterocycles. The molecule has 2 aromatic rings. The maximum atomic E-state index is 11.7. The van der Waals surface area contributed by atoms with E-state index in [0.29, 0.717) is 17.8 Å². The van der Waals surface area contributed by atoms with Crippen molar-refractivity contribution >= 4 is 10.9 Å². The summed E-state index contributed by atoms with van der Waals surface area (Å²) in [6.07, 6.45) is 0. The van der Waals surface area contributed by atoms with Crippen LogP contribution in [0.25, 0.3) is 10.9 Å². The summed E-state index contributed by atoms with van der Waals surface area (Å²) in [5.41, 5.74) is 1.30. The minimum absolute atomic E-state index is 0.603. The third-order valence-electron chi connectivity index (χ3n) is 2.35. The van der Waals surface area contributed by atoms with Crippen LogP contribution >= 0.6 is 0 Å². The molecular formula is C12H13NO2. The summed E-state index contributed by atoms with van der Waals surface area (Å²) in [7, 11) is 0. The van der Waals surface area contributed by atoms with Crippen molar-refractivity contribution < 1.29 is 9.47 Å². The van der Waals surface area contributed by atoms with E-state index in [4.69, 9.17) is 4.74 Å². The first-order valence-electron chi connectivity index (χ1n) is 4.98. The molecule has 15 heavy (non-hydrogen) atoms. The lowest BCUT2D eigenvalue weighted by Gasteiger charge is -2.09. The molecule has 0 aliphatic rings. The topological polar surface area (TPSA) is 36.2 Å². The highest BCUT2D eigenvalue weighted by atomic mass is 16.5. The van der Waals surface area contributed by atoms with Gasteiger partial charge in [0.15, 0.2) is 5.69 Å². The lowest BCUT2D eigenvalue weighted by Crippen LogP contribution is -2.30. The molecule has 2 rings (SSSR count). The van der Waals surface area contributed by atoms with Crippen molar-refractivity contribution in [3.63, 3.8) is 0 Å². The summed E-state index contributed by atoms with van der Waals surface area (Å²) in [5.74, 6) is 0.776. The lowest BCUT2D eigenvalue weighted by atomic mass is 10.2. The quantitative estimate of drug-likeness (QED) is 0.554. The van der Waals surface area contributed by atoms with Gasteiger partial charge in [0.25, 0.3) is 0 Å². The van der Waals surface area contributed by atoms with E-state index in [1.807, 2.05) is 25.1 Å². The molecule has 0 bridgehead atoms. The Bertz CT molecular complexity index is 494. The Balaban J connectivity index is 2.76. The Morgan fingerprint density at radius 3 is 2.80 bits per heavy atom. The van der Waals surface area contributed by atoms with Crippen LogP contribution < -0.4 is 9.47 Å². The molecule has 0 atom stereocenters. The zero-order valence-corrected chi connectivity index (χ0v) is 8.86. The molecule has 0 aliphatic carbocycles. The predicted octanol–water partition coefficient (Wildman–Crippen LogP) is 2.18. The molecular weight excluding hydrogens is 190 g/mol. The van der Waals surface area contributed by atoms with Gasteiger partial charge >= 0.3 is 0 Å². The number of para-hydroxylation sites is 1. The van der Waals surface area contributed by atoms with Gasteiger partial charge in [-0.25, -0.2) is 0 Å². The Kier molecular flexibility index (Phi) is 2.46. The number of nitrogens with zero attached hydrogens (tertiary/aromatic N) is 1. The van der Waals surface area contributed by atoms with Crippen molar-refractivity contribution in [1.82, 2.24) is 0 Å². The van der Waals surface area contributed by atoms with Gasteiger partial charge in [-0.2, -0.15) is 4.73 Å². The summed E-state index contributed by atoms with van der Waals surface area (Å²) < 4.78 is 6.43. The van der Waals surface area contributed by atoms with Crippen LogP contribution in [-0.2, 0) is 0 Å². The summed E-state index contributed by atoms with van der Waals surface area (Å²) in [5, 5.41) is 12.6. The number of hydrogen-bond acceptors (Lipinski definition) is 2. The Labute approximate surface area is 88.5 Å². The van der Waals surface area contributed by atoms with Gasteiger partial charge in [0.05, 0.1) is 12.0 Å². The molecule has 1 aromatic carbocycles. The van der Waals surface area contributed by atoms with Crippen molar-refractivity contribution in [2.24, 2.45) is 0 Å². The standard InChI is InChI=1S/C12H13NO2/c1-3-15-12-8-9(2)13(14)11-7-5-4-6-10(11)12/h4-8H,3H2,1-2H3. The number of aromatic nitrogens is 1. The van der Waals surface area contributed by atoms with Gasteiger partial charge < -0.3 is 9.94 Å². The number of pyridine rings is 1. The van der Waals surface area contributed by atoms with Crippen LogP contribution in [0.2, 0.25) is 0 Å². The van der Waals surface area contributed by atoms with Gasteiger partial charge in [-0.3, -0.25) is 0 Å². The van der Waals surface area contributed by atoms with Crippen LogP contribution in [0.4, 0.5) is 0 Å². The largest absolute Gasteiger partial charge is 0.618 e. The van der Waals surface area contributed by atoms with Gasteiger partial charge in [0, 0.05) is 19.1 Å². The first-order chi connectivity index (χ1) is 7.24. The van der Waals surface area contributed by atoms with Crippen molar-refractivity contribution in [2.75, 3.05) is 6.61 Å². The molecule has 0 aliphatic heterocycles. The highest BCUT2D eigenvalue weighted by Crippen LogP contribution is 2.23. The number of aryl methyl sites for hydroxylation is 1. The molecule has 3 nitrogen and oxygen atoms in total. The van der Waals surface area contributed by atoms with E-state index in [9.17, 15) is 5.21 Å². The minimum Gasteiger partial charge on any atom is -0.618 e. The average molecular weight is 203 g/mol. The molecule has 0 N–H and O–H groups in total. The van der Waals surface area contributed by atoms with Crippen molar-refractivity contribution in [2.45, 2.75) is 13.8 Å². The summed E-state index contributed by atoms with van der Waals surface area (Å²) in [4.78, 5) is 0. The lowest BCUT2D eigenvalue weighted by molar-refractivity contribution is -0.584. The van der Waals surface area contributed by atoms with E-state index in [2.05, 4.69) is 0 Å². The molecule has 1 heterocycles. The summed E-state index contributed by atoms with van der Waals surface area (Å²) in [6, 6.07) is 9.23. The van der Waals surface area contributed by atoms with Crippen LogP contribution in [0.5, 0.6) is 5.75 Å². The number of hydrogen-bond donors (Lipinski definition) is 0. The zero-order chi connectivity index (χ0) is 10.8. The van der Waals surface area contributed by atoms with E-state index in [1.54, 1.807) is 19.1 Å². The van der Waals surface area contributed by atoms with Gasteiger partial charge in [-0.15, -0.1) is 0 Å². The fraction of sp³-hybridized carbons (Fsp3) is 0.250. The van der Waals surface area contributed by atoms with Gasteiger partial charge in [-0.1, -0.05) is 12.1 Å². The van der Waals surface area contributed by atoms with Crippen LogP contribution in [0.1, 0.15) is 12.6 Å². The van der Waals surface area contributed by atoms with E-state index >= 15 is 0 Å². The molecule has 0 amide bonds.